The maximum absolute atomic E-state index is 5.97. The second-order valence-electron chi connectivity index (χ2n) is 4.91. The molecule has 0 bridgehead atoms. The summed E-state index contributed by atoms with van der Waals surface area (Å²) in [5.41, 5.74) is 9.54. The van der Waals surface area contributed by atoms with Crippen LogP contribution in [0.25, 0.3) is 27.9 Å². The van der Waals surface area contributed by atoms with Gasteiger partial charge in [0.15, 0.2) is 11.4 Å². The van der Waals surface area contributed by atoms with Crippen LogP contribution in [0.15, 0.2) is 58.1 Å². The lowest BCUT2D eigenvalue weighted by atomic mass is 10.0. The van der Waals surface area contributed by atoms with Gasteiger partial charge in [0.25, 0.3) is 0 Å². The number of furan rings is 1. The molecule has 1 aromatic carbocycles. The number of benzene rings is 1. The Labute approximate surface area is 129 Å². The number of rotatable bonds is 3. The molecule has 2 heterocycles. The number of anilines is 1. The largest absolute Gasteiger partial charge is 0.452 e. The Balaban J connectivity index is 2.25. The topological polar surface area (TPSA) is 64.4 Å². The maximum Gasteiger partial charge on any atom is 0.177 e. The molecule has 0 saturated carbocycles. The number of nitrogen functional groups attached to an aromatic ring is 1. The average molecular weight is 291 g/mol. The van der Waals surface area contributed by atoms with E-state index in [0.29, 0.717) is 11.4 Å². The Morgan fingerprint density at radius 3 is 2.73 bits per heavy atom. The Bertz CT molecular complexity index is 861. The molecule has 22 heavy (non-hydrogen) atoms. The Hall–Kier alpha value is -2.88. The number of aliphatic imine (C=N–C) groups is 1. The molecular formula is C18H17N3O. The molecule has 0 radical (unpaired) electrons. The molecule has 2 N–H and O–H groups in total. The number of hydrogen-bond donors (Lipinski definition) is 1. The SMILES string of the molecule is C/C=C(\C=N/C)c1cnc(N)c2oc(-c3ccccc3)cc12. The molecule has 3 rings (SSSR count). The van der Waals surface area contributed by atoms with Gasteiger partial charge in [-0.15, -0.1) is 0 Å². The molecule has 110 valence electrons. The molecule has 0 spiro atoms. The fraction of sp³-hybridized carbons (Fsp3) is 0.111. The molecule has 4 heteroatoms. The van der Waals surface area contributed by atoms with E-state index in [-0.39, 0.29) is 0 Å². The highest BCUT2D eigenvalue weighted by molar-refractivity contribution is 6.15. The Kier molecular flexibility index (Phi) is 3.74. The predicted octanol–water partition coefficient (Wildman–Crippen LogP) is 4.18. The van der Waals surface area contributed by atoms with Crippen LogP contribution in [-0.4, -0.2) is 18.2 Å². The van der Waals surface area contributed by atoms with Crippen LogP contribution in [0.1, 0.15) is 12.5 Å². The first-order chi connectivity index (χ1) is 10.7. The van der Waals surface area contributed by atoms with E-state index in [1.54, 1.807) is 13.2 Å². The van der Waals surface area contributed by atoms with Gasteiger partial charge < -0.3 is 10.2 Å². The molecule has 0 amide bonds. The number of aromatic nitrogens is 1. The predicted molar refractivity (Wildman–Crippen MR) is 91.9 cm³/mol. The number of hydrogen-bond acceptors (Lipinski definition) is 4. The summed E-state index contributed by atoms with van der Waals surface area (Å²) in [7, 11) is 1.75. The lowest BCUT2D eigenvalue weighted by Crippen LogP contribution is -1.94. The quantitative estimate of drug-likeness (QED) is 0.736. The van der Waals surface area contributed by atoms with Crippen LogP contribution >= 0.6 is 0 Å². The van der Waals surface area contributed by atoms with Crippen molar-refractivity contribution < 1.29 is 4.42 Å². The van der Waals surface area contributed by atoms with Gasteiger partial charge in [0.2, 0.25) is 0 Å². The molecule has 4 nitrogen and oxygen atoms in total. The van der Waals surface area contributed by atoms with E-state index in [0.717, 1.165) is 27.8 Å². The smallest absolute Gasteiger partial charge is 0.177 e. The van der Waals surface area contributed by atoms with E-state index >= 15 is 0 Å². The summed E-state index contributed by atoms with van der Waals surface area (Å²) in [4.78, 5) is 8.34. The van der Waals surface area contributed by atoms with Crippen molar-refractivity contribution in [1.29, 1.82) is 0 Å². The van der Waals surface area contributed by atoms with Crippen LogP contribution in [0, 0.1) is 0 Å². The van der Waals surface area contributed by atoms with E-state index < -0.39 is 0 Å². The minimum Gasteiger partial charge on any atom is -0.452 e. The second-order valence-corrected chi connectivity index (χ2v) is 4.91. The summed E-state index contributed by atoms with van der Waals surface area (Å²) >= 11 is 0. The van der Waals surface area contributed by atoms with E-state index in [9.17, 15) is 0 Å². The van der Waals surface area contributed by atoms with Crippen molar-refractivity contribution in [2.75, 3.05) is 12.8 Å². The van der Waals surface area contributed by atoms with Crippen LogP contribution in [0.5, 0.6) is 0 Å². The molecule has 2 aromatic heterocycles. The first-order valence-electron chi connectivity index (χ1n) is 7.07. The third kappa shape index (κ3) is 2.39. The summed E-state index contributed by atoms with van der Waals surface area (Å²) in [5, 5.41) is 0.944. The second kappa shape index (κ2) is 5.85. The van der Waals surface area contributed by atoms with Gasteiger partial charge in [-0.1, -0.05) is 36.4 Å². The number of allylic oxidation sites excluding steroid dienone is 2. The van der Waals surface area contributed by atoms with Gasteiger partial charge in [0.1, 0.15) is 5.76 Å². The highest BCUT2D eigenvalue weighted by atomic mass is 16.3. The number of nitrogens with two attached hydrogens (primary N) is 1. The molecule has 0 aliphatic rings. The molecule has 0 saturated heterocycles. The van der Waals surface area contributed by atoms with Crippen LogP contribution in [0.3, 0.4) is 0 Å². The summed E-state index contributed by atoms with van der Waals surface area (Å²) in [6.07, 6.45) is 5.57. The zero-order valence-corrected chi connectivity index (χ0v) is 12.6. The van der Waals surface area contributed by atoms with Gasteiger partial charge in [-0.3, -0.25) is 4.99 Å². The zero-order valence-electron chi connectivity index (χ0n) is 12.6. The van der Waals surface area contributed by atoms with E-state index in [4.69, 9.17) is 10.2 Å². The number of pyridine rings is 1. The van der Waals surface area contributed by atoms with Crippen molar-refractivity contribution >= 4 is 28.6 Å². The lowest BCUT2D eigenvalue weighted by Gasteiger charge is -2.03. The third-order valence-electron chi connectivity index (χ3n) is 3.54. The molecule has 0 aliphatic heterocycles. The monoisotopic (exact) mass is 291 g/mol. The molecule has 0 fully saturated rings. The summed E-state index contributed by atoms with van der Waals surface area (Å²) in [5.74, 6) is 1.17. The third-order valence-corrected chi connectivity index (χ3v) is 3.54. The number of nitrogens with zero attached hydrogens (tertiary/aromatic N) is 2. The molecule has 0 unspecified atom stereocenters. The van der Waals surface area contributed by atoms with Crippen molar-refractivity contribution in [3.8, 4) is 11.3 Å². The minimum absolute atomic E-state index is 0.393. The van der Waals surface area contributed by atoms with Crippen molar-refractivity contribution in [2.24, 2.45) is 4.99 Å². The Morgan fingerprint density at radius 1 is 1.27 bits per heavy atom. The van der Waals surface area contributed by atoms with Gasteiger partial charge >= 0.3 is 0 Å². The standard InChI is InChI=1S/C18H17N3O/c1-3-12(10-20-2)15-11-21-18(19)17-14(15)9-16(22-17)13-7-5-4-6-8-13/h3-11H,1-2H3,(H2,19,21)/b12-3+,20-10-. The van der Waals surface area contributed by atoms with Crippen molar-refractivity contribution in [3.63, 3.8) is 0 Å². The minimum atomic E-state index is 0.393. The van der Waals surface area contributed by atoms with E-state index in [1.807, 2.05) is 55.6 Å². The summed E-state index contributed by atoms with van der Waals surface area (Å²) in [6, 6.07) is 11.9. The lowest BCUT2D eigenvalue weighted by molar-refractivity contribution is 0.631. The van der Waals surface area contributed by atoms with Gasteiger partial charge in [0, 0.05) is 36.0 Å². The number of fused-ring (bicyclic) bond motifs is 1. The summed E-state index contributed by atoms with van der Waals surface area (Å²) in [6.45, 7) is 1.97. The fourth-order valence-electron chi connectivity index (χ4n) is 2.46. The van der Waals surface area contributed by atoms with Gasteiger partial charge in [-0.2, -0.15) is 0 Å². The molecular weight excluding hydrogens is 274 g/mol. The van der Waals surface area contributed by atoms with Gasteiger partial charge in [-0.05, 0) is 18.6 Å². The Morgan fingerprint density at radius 2 is 2.05 bits per heavy atom. The zero-order chi connectivity index (χ0) is 15.5. The van der Waals surface area contributed by atoms with E-state index in [1.165, 1.54) is 0 Å². The van der Waals surface area contributed by atoms with Crippen LogP contribution in [-0.2, 0) is 0 Å². The molecule has 3 aromatic rings. The average Bonchev–Trinajstić information content (AvgIpc) is 3.00. The van der Waals surface area contributed by atoms with Crippen molar-refractivity contribution in [2.45, 2.75) is 6.92 Å². The summed E-state index contributed by atoms with van der Waals surface area (Å²) < 4.78 is 5.94. The molecule has 0 aliphatic carbocycles. The first-order valence-corrected chi connectivity index (χ1v) is 7.07. The van der Waals surface area contributed by atoms with Crippen LogP contribution in [0.4, 0.5) is 5.82 Å². The van der Waals surface area contributed by atoms with Crippen molar-refractivity contribution in [1.82, 2.24) is 4.98 Å². The maximum atomic E-state index is 5.97. The fourth-order valence-corrected chi connectivity index (χ4v) is 2.46. The highest BCUT2D eigenvalue weighted by Gasteiger charge is 2.14. The van der Waals surface area contributed by atoms with Crippen LogP contribution in [0.2, 0.25) is 0 Å². The van der Waals surface area contributed by atoms with Crippen molar-refractivity contribution in [3.05, 3.63) is 54.2 Å². The van der Waals surface area contributed by atoms with Gasteiger partial charge in [-0.25, -0.2) is 4.98 Å². The van der Waals surface area contributed by atoms with Crippen LogP contribution < -0.4 is 5.73 Å². The van der Waals surface area contributed by atoms with Gasteiger partial charge in [0.05, 0.1) is 0 Å². The normalized spacial score (nSPS) is 12.4. The molecule has 0 atom stereocenters. The first kappa shape index (κ1) is 14.1. The van der Waals surface area contributed by atoms with E-state index in [2.05, 4.69) is 9.98 Å². The highest BCUT2D eigenvalue weighted by Crippen LogP contribution is 2.34.